The number of hydrogen-bond acceptors (Lipinski definition) is 4. The first-order valence-electron chi connectivity index (χ1n) is 5.67. The van der Waals surface area contributed by atoms with E-state index in [0.717, 1.165) is 13.1 Å². The van der Waals surface area contributed by atoms with E-state index in [0.29, 0.717) is 6.54 Å². The minimum atomic E-state index is -0.892. The van der Waals surface area contributed by atoms with Crippen molar-refractivity contribution in [2.75, 3.05) is 26.7 Å². The second kappa shape index (κ2) is 5.12. The average Bonchev–Trinajstić information content (AvgIpc) is 2.15. The molecule has 1 aliphatic heterocycles. The minimum Gasteiger partial charge on any atom is -0.480 e. The number of rotatable bonds is 4. The molecule has 5 nitrogen and oxygen atoms in total. The number of morpholine rings is 1. The van der Waals surface area contributed by atoms with Gasteiger partial charge in [0.15, 0.2) is 0 Å². The molecule has 1 aliphatic rings. The van der Waals surface area contributed by atoms with Crippen LogP contribution in [0.5, 0.6) is 0 Å². The van der Waals surface area contributed by atoms with Crippen LogP contribution in [0.15, 0.2) is 0 Å². The van der Waals surface area contributed by atoms with Crippen molar-refractivity contribution < 1.29 is 14.6 Å². The van der Waals surface area contributed by atoms with E-state index >= 15 is 0 Å². The molecule has 94 valence electrons. The molecule has 0 aliphatic carbocycles. The smallest absolute Gasteiger partial charge is 0.324 e. The highest BCUT2D eigenvalue weighted by molar-refractivity contribution is 5.78. The summed E-state index contributed by atoms with van der Waals surface area (Å²) in [6, 6.07) is 0. The van der Waals surface area contributed by atoms with E-state index in [1.165, 1.54) is 0 Å². The standard InChI is InChI=1S/C11H22N2O3/c1-8-5-13(6-9(2)16-8)7-11(3,12-4)10(14)15/h8-9,12H,5-7H2,1-4H3,(H,14,15)/t8-,9+,11?. The lowest BCUT2D eigenvalue weighted by Crippen LogP contribution is -2.58. The Balaban J connectivity index is 2.61. The zero-order valence-electron chi connectivity index (χ0n) is 10.5. The molecule has 0 aromatic rings. The van der Waals surface area contributed by atoms with Crippen molar-refractivity contribution in [3.05, 3.63) is 0 Å². The van der Waals surface area contributed by atoms with Crippen LogP contribution in [0.3, 0.4) is 0 Å². The van der Waals surface area contributed by atoms with Crippen molar-refractivity contribution in [1.29, 1.82) is 0 Å². The van der Waals surface area contributed by atoms with Crippen LogP contribution < -0.4 is 5.32 Å². The first kappa shape index (κ1) is 13.4. The van der Waals surface area contributed by atoms with Crippen LogP contribution in [0.25, 0.3) is 0 Å². The number of carbonyl (C=O) groups is 1. The molecule has 1 unspecified atom stereocenters. The molecule has 1 saturated heterocycles. The van der Waals surface area contributed by atoms with Gasteiger partial charge in [0.05, 0.1) is 12.2 Å². The molecule has 1 fully saturated rings. The van der Waals surface area contributed by atoms with E-state index in [9.17, 15) is 9.90 Å². The molecule has 0 aromatic heterocycles. The molecule has 16 heavy (non-hydrogen) atoms. The van der Waals surface area contributed by atoms with Gasteiger partial charge in [0.2, 0.25) is 0 Å². The molecule has 0 spiro atoms. The Kier molecular flexibility index (Phi) is 4.29. The Hall–Kier alpha value is -0.650. The minimum absolute atomic E-state index is 0.165. The third-order valence-corrected chi connectivity index (χ3v) is 3.06. The molecular weight excluding hydrogens is 208 g/mol. The van der Waals surface area contributed by atoms with Gasteiger partial charge in [-0.15, -0.1) is 0 Å². The number of nitrogens with zero attached hydrogens (tertiary/aromatic N) is 1. The highest BCUT2D eigenvalue weighted by atomic mass is 16.5. The maximum Gasteiger partial charge on any atom is 0.324 e. The van der Waals surface area contributed by atoms with Crippen molar-refractivity contribution >= 4 is 5.97 Å². The van der Waals surface area contributed by atoms with Crippen LogP contribution >= 0.6 is 0 Å². The van der Waals surface area contributed by atoms with Crippen LogP contribution in [0.4, 0.5) is 0 Å². The third kappa shape index (κ3) is 3.17. The third-order valence-electron chi connectivity index (χ3n) is 3.06. The maximum absolute atomic E-state index is 11.2. The summed E-state index contributed by atoms with van der Waals surface area (Å²) in [7, 11) is 1.68. The van der Waals surface area contributed by atoms with Gasteiger partial charge in [-0.05, 0) is 27.8 Å². The van der Waals surface area contributed by atoms with Gasteiger partial charge in [0.1, 0.15) is 5.54 Å². The molecule has 3 atom stereocenters. The summed E-state index contributed by atoms with van der Waals surface area (Å²) in [5, 5.41) is 12.0. The molecule has 1 heterocycles. The second-order valence-electron chi connectivity index (χ2n) is 4.84. The number of hydrogen-bond donors (Lipinski definition) is 2. The van der Waals surface area contributed by atoms with Crippen LogP contribution in [0.2, 0.25) is 0 Å². The number of ether oxygens (including phenoxy) is 1. The SMILES string of the molecule is CNC(C)(CN1C[C@@H](C)O[C@@H](C)C1)C(=O)O. The number of aliphatic carboxylic acids is 1. The predicted molar refractivity (Wildman–Crippen MR) is 61.5 cm³/mol. The normalized spacial score (nSPS) is 31.0. The molecular formula is C11H22N2O3. The van der Waals surface area contributed by atoms with Crippen LogP contribution in [0.1, 0.15) is 20.8 Å². The Morgan fingerprint density at radius 2 is 2.00 bits per heavy atom. The fourth-order valence-corrected chi connectivity index (χ4v) is 2.11. The quantitative estimate of drug-likeness (QED) is 0.720. The van der Waals surface area contributed by atoms with Crippen LogP contribution in [-0.2, 0) is 9.53 Å². The Bertz CT molecular complexity index is 250. The lowest BCUT2D eigenvalue weighted by Gasteiger charge is -2.39. The van der Waals surface area contributed by atoms with Gasteiger partial charge in [0, 0.05) is 19.6 Å². The molecule has 5 heteroatoms. The van der Waals surface area contributed by atoms with E-state index in [4.69, 9.17) is 4.74 Å². The zero-order chi connectivity index (χ0) is 12.3. The Labute approximate surface area is 96.8 Å². The number of nitrogens with one attached hydrogen (secondary N) is 1. The van der Waals surface area contributed by atoms with Gasteiger partial charge < -0.3 is 15.2 Å². The van der Waals surface area contributed by atoms with Gasteiger partial charge >= 0.3 is 5.97 Å². The molecule has 0 amide bonds. The molecule has 0 aromatic carbocycles. The van der Waals surface area contributed by atoms with Crippen molar-refractivity contribution in [2.45, 2.75) is 38.5 Å². The van der Waals surface area contributed by atoms with Crippen molar-refractivity contribution in [1.82, 2.24) is 10.2 Å². The monoisotopic (exact) mass is 230 g/mol. The number of carboxylic acid groups (broad SMARTS) is 1. The van der Waals surface area contributed by atoms with Gasteiger partial charge in [-0.1, -0.05) is 0 Å². The summed E-state index contributed by atoms with van der Waals surface area (Å²) >= 11 is 0. The lowest BCUT2D eigenvalue weighted by molar-refractivity contribution is -0.146. The first-order valence-corrected chi connectivity index (χ1v) is 5.67. The second-order valence-corrected chi connectivity index (χ2v) is 4.84. The van der Waals surface area contributed by atoms with Crippen molar-refractivity contribution in [2.24, 2.45) is 0 Å². The Morgan fingerprint density at radius 3 is 2.38 bits per heavy atom. The highest BCUT2D eigenvalue weighted by Crippen LogP contribution is 2.14. The summed E-state index contributed by atoms with van der Waals surface area (Å²) in [6.07, 6.45) is 0.331. The average molecular weight is 230 g/mol. The summed E-state index contributed by atoms with van der Waals surface area (Å²) in [5.74, 6) is -0.818. The van der Waals surface area contributed by atoms with Gasteiger partial charge in [-0.3, -0.25) is 9.69 Å². The van der Waals surface area contributed by atoms with Crippen LogP contribution in [0, 0.1) is 0 Å². The largest absolute Gasteiger partial charge is 0.480 e. The highest BCUT2D eigenvalue weighted by Gasteiger charge is 2.35. The number of carboxylic acids is 1. The molecule has 1 rings (SSSR count). The fourth-order valence-electron chi connectivity index (χ4n) is 2.11. The summed E-state index contributed by atoms with van der Waals surface area (Å²) in [4.78, 5) is 13.3. The predicted octanol–water partition coefficient (Wildman–Crippen LogP) is 0.158. The van der Waals surface area contributed by atoms with E-state index in [-0.39, 0.29) is 12.2 Å². The van der Waals surface area contributed by atoms with E-state index < -0.39 is 11.5 Å². The van der Waals surface area contributed by atoms with E-state index in [2.05, 4.69) is 10.2 Å². The molecule has 0 bridgehead atoms. The van der Waals surface area contributed by atoms with Gasteiger partial charge in [-0.25, -0.2) is 0 Å². The van der Waals surface area contributed by atoms with E-state index in [1.807, 2.05) is 13.8 Å². The lowest BCUT2D eigenvalue weighted by atomic mass is 10.0. The van der Waals surface area contributed by atoms with Crippen LogP contribution in [-0.4, -0.2) is 60.4 Å². The fraction of sp³-hybridized carbons (Fsp3) is 0.909. The zero-order valence-corrected chi connectivity index (χ0v) is 10.5. The maximum atomic E-state index is 11.2. The van der Waals surface area contributed by atoms with Gasteiger partial charge in [0.25, 0.3) is 0 Å². The Morgan fingerprint density at radius 1 is 1.50 bits per heavy atom. The number of likely N-dealkylation sites (N-methyl/N-ethyl adjacent to an activating group) is 1. The van der Waals surface area contributed by atoms with Crippen molar-refractivity contribution in [3.8, 4) is 0 Å². The summed E-state index contributed by atoms with van der Waals surface area (Å²) in [5.41, 5.74) is -0.892. The topological polar surface area (TPSA) is 61.8 Å². The molecule has 0 saturated carbocycles. The molecule has 0 radical (unpaired) electrons. The first-order chi connectivity index (χ1) is 7.37. The van der Waals surface area contributed by atoms with Gasteiger partial charge in [-0.2, -0.15) is 0 Å². The summed E-state index contributed by atoms with van der Waals surface area (Å²) in [6.45, 7) is 7.81. The van der Waals surface area contributed by atoms with Crippen molar-refractivity contribution in [3.63, 3.8) is 0 Å². The summed E-state index contributed by atoms with van der Waals surface area (Å²) < 4.78 is 5.62. The van der Waals surface area contributed by atoms with E-state index in [1.54, 1.807) is 14.0 Å². The molecule has 2 N–H and O–H groups in total.